The lowest BCUT2D eigenvalue weighted by Crippen LogP contribution is -2.19. The molecule has 1 aromatic carbocycles. The first-order valence-corrected chi connectivity index (χ1v) is 5.12. The fourth-order valence-corrected chi connectivity index (χ4v) is 1.28. The largest absolute Gasteiger partial charge is 0.348 e. The van der Waals surface area contributed by atoms with Crippen LogP contribution in [0.5, 0.6) is 0 Å². The van der Waals surface area contributed by atoms with Gasteiger partial charge in [-0.2, -0.15) is 0 Å². The molecule has 0 saturated carbocycles. The molecule has 2 nitrogen and oxygen atoms in total. The molecule has 15 heavy (non-hydrogen) atoms. The van der Waals surface area contributed by atoms with E-state index in [1.54, 1.807) is 0 Å². The van der Waals surface area contributed by atoms with Gasteiger partial charge in [0.05, 0.1) is 0 Å². The molecule has 2 heteroatoms. The van der Waals surface area contributed by atoms with Gasteiger partial charge in [0.1, 0.15) is 0 Å². The molecule has 0 aliphatic heterocycles. The fraction of sp³-hybridized carbons (Fsp3) is 0.308. The number of carbonyl (C=O) groups excluding carboxylic acids is 1. The predicted octanol–water partition coefficient (Wildman–Crippen LogP) is 2.61. The van der Waals surface area contributed by atoms with Gasteiger partial charge in [-0.3, -0.25) is 4.79 Å². The summed E-state index contributed by atoms with van der Waals surface area (Å²) in [6.07, 6.45) is 1.28. The molecule has 0 unspecified atom stereocenters. The summed E-state index contributed by atoms with van der Waals surface area (Å²) < 4.78 is 0. The first kappa shape index (κ1) is 11.5. The second-order valence-electron chi connectivity index (χ2n) is 3.82. The summed E-state index contributed by atoms with van der Waals surface area (Å²) >= 11 is 0. The highest BCUT2D eigenvalue weighted by Gasteiger charge is 1.99. The highest BCUT2D eigenvalue weighted by molar-refractivity contribution is 5.86. The van der Waals surface area contributed by atoms with Crippen molar-refractivity contribution in [1.29, 1.82) is 0 Å². The van der Waals surface area contributed by atoms with E-state index < -0.39 is 0 Å². The molecule has 0 atom stereocenters. The fourth-order valence-electron chi connectivity index (χ4n) is 1.28. The van der Waals surface area contributed by atoms with Crippen LogP contribution in [-0.4, -0.2) is 5.91 Å². The summed E-state index contributed by atoms with van der Waals surface area (Å²) in [7, 11) is 0. The van der Waals surface area contributed by atoms with Gasteiger partial charge in [0.25, 0.3) is 0 Å². The molecule has 0 aromatic heterocycles. The quantitative estimate of drug-likeness (QED) is 0.749. The van der Waals surface area contributed by atoms with Gasteiger partial charge in [0.15, 0.2) is 0 Å². The van der Waals surface area contributed by atoms with Gasteiger partial charge in [-0.05, 0) is 23.1 Å². The van der Waals surface area contributed by atoms with E-state index in [1.165, 1.54) is 11.6 Å². The van der Waals surface area contributed by atoms with Gasteiger partial charge in [-0.15, -0.1) is 0 Å². The zero-order chi connectivity index (χ0) is 11.3. The second kappa shape index (κ2) is 5.35. The number of amides is 1. The molecule has 1 rings (SSSR count). The Morgan fingerprint density at radius 3 is 2.47 bits per heavy atom. The number of hydrogen-bond donors (Lipinski definition) is 1. The summed E-state index contributed by atoms with van der Waals surface area (Å²) in [4.78, 5) is 10.9. The van der Waals surface area contributed by atoms with Crippen LogP contribution in [0.4, 0.5) is 0 Å². The van der Waals surface area contributed by atoms with E-state index in [9.17, 15) is 4.79 Å². The first-order valence-electron chi connectivity index (χ1n) is 5.12. The third kappa shape index (κ3) is 3.58. The Morgan fingerprint density at radius 2 is 2.00 bits per heavy atom. The van der Waals surface area contributed by atoms with Gasteiger partial charge in [-0.1, -0.05) is 44.7 Å². The van der Waals surface area contributed by atoms with Crippen LogP contribution in [0.3, 0.4) is 0 Å². The van der Waals surface area contributed by atoms with E-state index in [4.69, 9.17) is 0 Å². The molecule has 0 aliphatic carbocycles. The molecule has 0 spiro atoms. The highest BCUT2D eigenvalue weighted by Crippen LogP contribution is 2.14. The Labute approximate surface area is 91.0 Å². The molecule has 1 amide bonds. The lowest BCUT2D eigenvalue weighted by atomic mass is 10.0. The second-order valence-corrected chi connectivity index (χ2v) is 3.82. The zero-order valence-corrected chi connectivity index (χ0v) is 9.29. The summed E-state index contributed by atoms with van der Waals surface area (Å²) in [6, 6.07) is 8.28. The van der Waals surface area contributed by atoms with Crippen LogP contribution >= 0.6 is 0 Å². The van der Waals surface area contributed by atoms with Crippen LogP contribution < -0.4 is 5.32 Å². The minimum absolute atomic E-state index is 0.136. The third-order valence-corrected chi connectivity index (χ3v) is 2.30. The Morgan fingerprint density at radius 1 is 1.40 bits per heavy atom. The van der Waals surface area contributed by atoms with Gasteiger partial charge < -0.3 is 5.32 Å². The Balaban J connectivity index is 2.57. The van der Waals surface area contributed by atoms with Gasteiger partial charge in [-0.25, -0.2) is 0 Å². The summed E-state index contributed by atoms with van der Waals surface area (Å²) in [5.41, 5.74) is 2.42. The number of carbonyl (C=O) groups is 1. The van der Waals surface area contributed by atoms with Crippen molar-refractivity contribution < 1.29 is 4.79 Å². The van der Waals surface area contributed by atoms with Crippen molar-refractivity contribution in [3.05, 3.63) is 48.0 Å². The molecule has 1 N–H and O–H groups in total. The zero-order valence-electron chi connectivity index (χ0n) is 9.29. The van der Waals surface area contributed by atoms with Crippen molar-refractivity contribution in [2.45, 2.75) is 26.3 Å². The molecule has 1 aromatic rings. The summed E-state index contributed by atoms with van der Waals surface area (Å²) in [5, 5.41) is 2.74. The number of hydrogen-bond acceptors (Lipinski definition) is 1. The van der Waals surface area contributed by atoms with E-state index in [1.807, 2.05) is 12.1 Å². The van der Waals surface area contributed by atoms with Crippen LogP contribution in [0.25, 0.3) is 0 Å². The molecule has 0 bridgehead atoms. The van der Waals surface area contributed by atoms with Crippen LogP contribution in [0.15, 0.2) is 36.9 Å². The van der Waals surface area contributed by atoms with Crippen LogP contribution in [0.2, 0.25) is 0 Å². The minimum atomic E-state index is -0.136. The number of rotatable bonds is 4. The van der Waals surface area contributed by atoms with E-state index in [2.05, 4.69) is 37.9 Å². The van der Waals surface area contributed by atoms with Crippen LogP contribution in [-0.2, 0) is 11.3 Å². The summed E-state index contributed by atoms with van der Waals surface area (Å²) in [5.74, 6) is 0.407. The molecular formula is C13H17NO. The van der Waals surface area contributed by atoms with E-state index in [-0.39, 0.29) is 5.91 Å². The maximum absolute atomic E-state index is 10.9. The maximum Gasteiger partial charge on any atom is 0.243 e. The molecular weight excluding hydrogens is 186 g/mol. The van der Waals surface area contributed by atoms with Crippen molar-refractivity contribution in [2.24, 2.45) is 0 Å². The van der Waals surface area contributed by atoms with Crippen LogP contribution in [0.1, 0.15) is 30.9 Å². The van der Waals surface area contributed by atoms with Crippen LogP contribution in [0, 0.1) is 0 Å². The lowest BCUT2D eigenvalue weighted by Gasteiger charge is -2.07. The molecule has 0 fully saturated rings. The summed E-state index contributed by atoms with van der Waals surface area (Å²) in [6.45, 7) is 8.28. The van der Waals surface area contributed by atoms with Crippen molar-refractivity contribution >= 4 is 5.91 Å². The van der Waals surface area contributed by atoms with Gasteiger partial charge in [0, 0.05) is 6.54 Å². The Kier molecular flexibility index (Phi) is 4.10. The van der Waals surface area contributed by atoms with Crippen molar-refractivity contribution in [3.8, 4) is 0 Å². The molecule has 0 saturated heterocycles. The third-order valence-electron chi connectivity index (χ3n) is 2.30. The van der Waals surface area contributed by atoms with Crippen molar-refractivity contribution in [3.63, 3.8) is 0 Å². The monoisotopic (exact) mass is 203 g/mol. The van der Waals surface area contributed by atoms with Gasteiger partial charge in [0.2, 0.25) is 5.91 Å². The molecule has 0 radical (unpaired) electrons. The van der Waals surface area contributed by atoms with E-state index in [0.717, 1.165) is 5.56 Å². The maximum atomic E-state index is 10.9. The molecule has 80 valence electrons. The molecule has 0 aliphatic rings. The standard InChI is InChI=1S/C13H17NO/c1-4-13(15)14-9-11-5-7-12(8-6-11)10(2)3/h4-8,10H,1,9H2,2-3H3,(H,14,15). The van der Waals surface area contributed by atoms with Crippen molar-refractivity contribution in [2.75, 3.05) is 0 Å². The SMILES string of the molecule is C=CC(=O)NCc1ccc(C(C)C)cc1. The number of benzene rings is 1. The highest BCUT2D eigenvalue weighted by atomic mass is 16.1. The predicted molar refractivity (Wildman–Crippen MR) is 62.6 cm³/mol. The van der Waals surface area contributed by atoms with E-state index >= 15 is 0 Å². The normalized spacial score (nSPS) is 10.1. The minimum Gasteiger partial charge on any atom is -0.348 e. The average molecular weight is 203 g/mol. The Bertz CT molecular complexity index is 338. The Hall–Kier alpha value is -1.57. The smallest absolute Gasteiger partial charge is 0.243 e. The van der Waals surface area contributed by atoms with Crippen molar-refractivity contribution in [1.82, 2.24) is 5.32 Å². The molecule has 0 heterocycles. The first-order chi connectivity index (χ1) is 7.13. The van der Waals surface area contributed by atoms with Gasteiger partial charge >= 0.3 is 0 Å². The number of nitrogens with one attached hydrogen (secondary N) is 1. The lowest BCUT2D eigenvalue weighted by molar-refractivity contribution is -0.116. The topological polar surface area (TPSA) is 29.1 Å². The van der Waals surface area contributed by atoms with E-state index in [0.29, 0.717) is 12.5 Å². The average Bonchev–Trinajstić information content (AvgIpc) is 2.26.